The van der Waals surface area contributed by atoms with Crippen molar-refractivity contribution >= 4 is 5.97 Å². The molecule has 0 bridgehead atoms. The molecular weight excluding hydrogens is 158 g/mol. The summed E-state index contributed by atoms with van der Waals surface area (Å²) in [6.45, 7) is 4.07. The summed E-state index contributed by atoms with van der Waals surface area (Å²) >= 11 is 0. The predicted molar refractivity (Wildman–Crippen MR) is 43.5 cm³/mol. The summed E-state index contributed by atoms with van der Waals surface area (Å²) in [4.78, 5) is 10.5. The number of aliphatic hydroxyl groups is 1. The molecular formula is C8H15NO3. The SMILES string of the molecule is CC1(C)CC1(CN)C(O)C(=O)O. The number of carbonyl (C=O) groups is 1. The molecule has 4 heteroatoms. The average Bonchev–Trinajstić information content (AvgIpc) is 2.53. The maximum absolute atomic E-state index is 10.5. The quantitative estimate of drug-likeness (QED) is 0.552. The molecule has 1 aliphatic rings. The van der Waals surface area contributed by atoms with E-state index in [1.807, 2.05) is 13.8 Å². The normalized spacial score (nSPS) is 34.3. The van der Waals surface area contributed by atoms with Crippen molar-refractivity contribution in [3.8, 4) is 0 Å². The maximum atomic E-state index is 10.5. The Labute approximate surface area is 71.4 Å². The number of carboxylic acids is 1. The lowest BCUT2D eigenvalue weighted by Crippen LogP contribution is -2.39. The number of nitrogens with two attached hydrogens (primary N) is 1. The third kappa shape index (κ3) is 1.03. The van der Waals surface area contributed by atoms with E-state index in [2.05, 4.69) is 0 Å². The van der Waals surface area contributed by atoms with Crippen LogP contribution in [0.5, 0.6) is 0 Å². The van der Waals surface area contributed by atoms with Crippen molar-refractivity contribution < 1.29 is 15.0 Å². The van der Waals surface area contributed by atoms with Crippen LogP contribution in [0.4, 0.5) is 0 Å². The van der Waals surface area contributed by atoms with Crippen LogP contribution in [0, 0.1) is 10.8 Å². The Morgan fingerprint density at radius 2 is 2.08 bits per heavy atom. The minimum atomic E-state index is -1.32. The molecule has 70 valence electrons. The molecule has 0 spiro atoms. The third-order valence-corrected chi connectivity index (χ3v) is 3.10. The van der Waals surface area contributed by atoms with Gasteiger partial charge in [0.05, 0.1) is 0 Å². The van der Waals surface area contributed by atoms with E-state index in [1.54, 1.807) is 0 Å². The largest absolute Gasteiger partial charge is 0.479 e. The fourth-order valence-electron chi connectivity index (χ4n) is 1.91. The molecule has 0 aromatic rings. The summed E-state index contributed by atoms with van der Waals surface area (Å²) < 4.78 is 0. The van der Waals surface area contributed by atoms with Gasteiger partial charge in [0, 0.05) is 12.0 Å². The smallest absolute Gasteiger partial charge is 0.333 e. The molecule has 4 N–H and O–H groups in total. The van der Waals surface area contributed by atoms with Crippen LogP contribution in [-0.2, 0) is 4.79 Å². The van der Waals surface area contributed by atoms with E-state index >= 15 is 0 Å². The Hall–Kier alpha value is -0.610. The van der Waals surface area contributed by atoms with E-state index in [9.17, 15) is 9.90 Å². The predicted octanol–water partition coefficient (Wildman–Crippen LogP) is -0.193. The van der Waals surface area contributed by atoms with Crippen LogP contribution >= 0.6 is 0 Å². The number of rotatable bonds is 3. The molecule has 0 aliphatic heterocycles. The lowest BCUT2D eigenvalue weighted by atomic mass is 9.90. The van der Waals surface area contributed by atoms with Gasteiger partial charge in [-0.15, -0.1) is 0 Å². The van der Waals surface area contributed by atoms with Crippen LogP contribution in [0.3, 0.4) is 0 Å². The van der Waals surface area contributed by atoms with Crippen LogP contribution in [0.1, 0.15) is 20.3 Å². The van der Waals surface area contributed by atoms with E-state index < -0.39 is 17.5 Å². The first-order valence-electron chi connectivity index (χ1n) is 3.98. The zero-order chi connectivity index (χ0) is 9.57. The molecule has 2 atom stereocenters. The van der Waals surface area contributed by atoms with Gasteiger partial charge in [-0.1, -0.05) is 13.8 Å². The van der Waals surface area contributed by atoms with Gasteiger partial charge in [0.25, 0.3) is 0 Å². The van der Waals surface area contributed by atoms with E-state index in [1.165, 1.54) is 0 Å². The molecule has 0 saturated heterocycles. The van der Waals surface area contributed by atoms with Crippen molar-refractivity contribution in [1.82, 2.24) is 0 Å². The zero-order valence-electron chi connectivity index (χ0n) is 7.37. The van der Waals surface area contributed by atoms with E-state index in [4.69, 9.17) is 10.8 Å². The van der Waals surface area contributed by atoms with E-state index in [0.29, 0.717) is 6.42 Å². The minimum absolute atomic E-state index is 0.139. The van der Waals surface area contributed by atoms with Gasteiger partial charge in [-0.05, 0) is 11.8 Å². The molecule has 1 fully saturated rings. The topological polar surface area (TPSA) is 83.5 Å². The third-order valence-electron chi connectivity index (χ3n) is 3.10. The lowest BCUT2D eigenvalue weighted by molar-refractivity contribution is -0.151. The Kier molecular flexibility index (Phi) is 1.92. The van der Waals surface area contributed by atoms with Gasteiger partial charge in [-0.25, -0.2) is 4.79 Å². The minimum Gasteiger partial charge on any atom is -0.479 e. The number of aliphatic carboxylic acids is 1. The van der Waals surface area contributed by atoms with Crippen LogP contribution < -0.4 is 5.73 Å². The van der Waals surface area contributed by atoms with Gasteiger partial charge in [0.15, 0.2) is 6.10 Å². The monoisotopic (exact) mass is 173 g/mol. The highest BCUT2D eigenvalue weighted by Gasteiger charge is 2.66. The van der Waals surface area contributed by atoms with Crippen molar-refractivity contribution in [1.29, 1.82) is 0 Å². The molecule has 0 amide bonds. The summed E-state index contributed by atoms with van der Waals surface area (Å²) in [5, 5.41) is 18.0. The highest BCUT2D eigenvalue weighted by molar-refractivity contribution is 5.74. The van der Waals surface area contributed by atoms with Gasteiger partial charge >= 0.3 is 5.97 Å². The van der Waals surface area contributed by atoms with Crippen LogP contribution in [0.15, 0.2) is 0 Å². The van der Waals surface area contributed by atoms with Crippen molar-refractivity contribution in [2.75, 3.05) is 6.54 Å². The fourth-order valence-corrected chi connectivity index (χ4v) is 1.91. The molecule has 0 heterocycles. The molecule has 1 saturated carbocycles. The summed E-state index contributed by atoms with van der Waals surface area (Å²) in [5.41, 5.74) is 4.72. The number of hydrogen-bond acceptors (Lipinski definition) is 3. The second-order valence-electron chi connectivity index (χ2n) is 4.16. The lowest BCUT2D eigenvalue weighted by Gasteiger charge is -2.21. The van der Waals surface area contributed by atoms with Crippen molar-refractivity contribution in [3.63, 3.8) is 0 Å². The molecule has 0 aromatic heterocycles. The van der Waals surface area contributed by atoms with Gasteiger partial charge in [-0.2, -0.15) is 0 Å². The standard InChI is InChI=1S/C8H15NO3/c1-7(2)3-8(7,4-9)5(10)6(11)12/h5,10H,3-4,9H2,1-2H3,(H,11,12). The molecule has 2 unspecified atom stereocenters. The van der Waals surface area contributed by atoms with Gasteiger partial charge in [-0.3, -0.25) is 0 Å². The first kappa shape index (κ1) is 9.48. The average molecular weight is 173 g/mol. The second-order valence-corrected chi connectivity index (χ2v) is 4.16. The highest BCUT2D eigenvalue weighted by Crippen LogP contribution is 2.64. The Bertz CT molecular complexity index is 214. The molecule has 12 heavy (non-hydrogen) atoms. The van der Waals surface area contributed by atoms with Crippen molar-refractivity contribution in [2.45, 2.75) is 26.4 Å². The Morgan fingerprint density at radius 1 is 1.67 bits per heavy atom. The maximum Gasteiger partial charge on any atom is 0.333 e. The number of aliphatic hydroxyl groups excluding tert-OH is 1. The highest BCUT2D eigenvalue weighted by atomic mass is 16.4. The first-order valence-corrected chi connectivity index (χ1v) is 3.98. The molecule has 1 rings (SSSR count). The van der Waals surface area contributed by atoms with Crippen LogP contribution in [-0.4, -0.2) is 28.8 Å². The molecule has 0 radical (unpaired) electrons. The molecule has 4 nitrogen and oxygen atoms in total. The molecule has 1 aliphatic carbocycles. The van der Waals surface area contributed by atoms with Gasteiger partial charge < -0.3 is 15.9 Å². The molecule has 0 aromatic carbocycles. The van der Waals surface area contributed by atoms with Crippen LogP contribution in [0.2, 0.25) is 0 Å². The Morgan fingerprint density at radius 3 is 2.17 bits per heavy atom. The summed E-state index contributed by atoms with van der Waals surface area (Å²) in [6, 6.07) is 0. The number of carboxylic acid groups (broad SMARTS) is 1. The van der Waals surface area contributed by atoms with Gasteiger partial charge in [0.1, 0.15) is 0 Å². The number of hydrogen-bond donors (Lipinski definition) is 3. The van der Waals surface area contributed by atoms with Crippen molar-refractivity contribution in [3.05, 3.63) is 0 Å². The summed E-state index contributed by atoms with van der Waals surface area (Å²) in [7, 11) is 0. The zero-order valence-corrected chi connectivity index (χ0v) is 7.37. The summed E-state index contributed by atoms with van der Waals surface area (Å²) in [5.74, 6) is -1.17. The second kappa shape index (κ2) is 2.44. The van der Waals surface area contributed by atoms with E-state index in [0.717, 1.165) is 0 Å². The summed E-state index contributed by atoms with van der Waals surface area (Å²) in [6.07, 6.45) is -0.637. The van der Waals surface area contributed by atoms with E-state index in [-0.39, 0.29) is 12.0 Å². The van der Waals surface area contributed by atoms with Crippen molar-refractivity contribution in [2.24, 2.45) is 16.6 Å². The van der Waals surface area contributed by atoms with Crippen LogP contribution in [0.25, 0.3) is 0 Å². The Balaban J connectivity index is 2.79. The fraction of sp³-hybridized carbons (Fsp3) is 0.875. The first-order chi connectivity index (χ1) is 5.37. The van der Waals surface area contributed by atoms with Gasteiger partial charge in [0.2, 0.25) is 0 Å².